The number of benzene rings is 1. The van der Waals surface area contributed by atoms with Crippen LogP contribution in [0.25, 0.3) is 0 Å². The lowest BCUT2D eigenvalue weighted by molar-refractivity contribution is -0.138. The first-order valence-corrected chi connectivity index (χ1v) is 7.59. The van der Waals surface area contributed by atoms with Gasteiger partial charge in [0.2, 0.25) is 11.8 Å². The zero-order valence-electron chi connectivity index (χ0n) is 13.0. The maximum atomic E-state index is 12.5. The van der Waals surface area contributed by atoms with E-state index in [4.69, 9.17) is 5.73 Å². The minimum atomic E-state index is -0.876. The van der Waals surface area contributed by atoms with Crippen molar-refractivity contribution >= 4 is 23.2 Å². The van der Waals surface area contributed by atoms with E-state index in [1.807, 2.05) is 24.3 Å². The number of nitrogens with two attached hydrogens (primary N) is 1. The predicted molar refractivity (Wildman–Crippen MR) is 85.5 cm³/mol. The Morgan fingerprint density at radius 1 is 1.23 bits per heavy atom. The third-order valence-electron chi connectivity index (χ3n) is 4.44. The summed E-state index contributed by atoms with van der Waals surface area (Å²) in [4.78, 5) is 26.5. The second kappa shape index (κ2) is 4.98. The largest absolute Gasteiger partial charge is 0.369 e. The highest BCUT2D eigenvalue weighted by molar-refractivity contribution is 6.06. The van der Waals surface area contributed by atoms with E-state index in [0.717, 1.165) is 11.4 Å². The maximum Gasteiger partial charge on any atom is 0.250 e. The van der Waals surface area contributed by atoms with Crippen molar-refractivity contribution < 1.29 is 9.59 Å². The molecule has 0 unspecified atom stereocenters. The molecule has 1 saturated heterocycles. The molecule has 1 aromatic rings. The molecular formula is C16H22N4O2. The molecule has 0 aromatic heterocycles. The van der Waals surface area contributed by atoms with E-state index in [9.17, 15) is 9.59 Å². The second-order valence-electron chi connectivity index (χ2n) is 6.72. The van der Waals surface area contributed by atoms with Crippen molar-refractivity contribution in [3.8, 4) is 0 Å². The highest BCUT2D eigenvalue weighted by Gasteiger charge is 2.45. The van der Waals surface area contributed by atoms with Gasteiger partial charge in [0.05, 0.1) is 16.9 Å². The van der Waals surface area contributed by atoms with E-state index in [2.05, 4.69) is 10.6 Å². The van der Waals surface area contributed by atoms with E-state index in [1.165, 1.54) is 0 Å². The number of fused-ring (bicyclic) bond motifs is 1. The van der Waals surface area contributed by atoms with Crippen LogP contribution in [0.1, 0.15) is 26.7 Å². The minimum Gasteiger partial charge on any atom is -0.369 e. The maximum absolute atomic E-state index is 12.5. The summed E-state index contributed by atoms with van der Waals surface area (Å²) in [7, 11) is 0. The van der Waals surface area contributed by atoms with Gasteiger partial charge in [-0.3, -0.25) is 9.59 Å². The van der Waals surface area contributed by atoms with Gasteiger partial charge in [0.1, 0.15) is 5.54 Å². The number of nitrogens with one attached hydrogen (secondary N) is 2. The van der Waals surface area contributed by atoms with Crippen molar-refractivity contribution in [2.75, 3.05) is 23.7 Å². The summed E-state index contributed by atoms with van der Waals surface area (Å²) in [6.45, 7) is 4.48. The SMILES string of the molecule is CC(C)(N)C(=O)N1CCC2(CC1)Nc1ccccc1NC2=O. The molecule has 2 aliphatic heterocycles. The molecule has 0 bridgehead atoms. The van der Waals surface area contributed by atoms with Crippen LogP contribution in [-0.4, -0.2) is 40.9 Å². The number of amides is 2. The Morgan fingerprint density at radius 3 is 2.41 bits per heavy atom. The van der Waals surface area contributed by atoms with Crippen LogP contribution in [0.4, 0.5) is 11.4 Å². The number of hydrogen-bond donors (Lipinski definition) is 3. The summed E-state index contributed by atoms with van der Waals surface area (Å²) in [5.41, 5.74) is 6.11. The lowest BCUT2D eigenvalue weighted by Crippen LogP contribution is -2.61. The van der Waals surface area contributed by atoms with Crippen molar-refractivity contribution in [3.05, 3.63) is 24.3 Å². The summed E-state index contributed by atoms with van der Waals surface area (Å²) in [6, 6.07) is 7.66. The Labute approximate surface area is 130 Å². The van der Waals surface area contributed by atoms with Crippen LogP contribution >= 0.6 is 0 Å². The highest BCUT2D eigenvalue weighted by atomic mass is 16.2. The van der Waals surface area contributed by atoms with Crippen LogP contribution in [0.3, 0.4) is 0 Å². The molecule has 6 nitrogen and oxygen atoms in total. The number of rotatable bonds is 1. The lowest BCUT2D eigenvalue weighted by Gasteiger charge is -2.45. The van der Waals surface area contributed by atoms with Gasteiger partial charge in [-0.2, -0.15) is 0 Å². The van der Waals surface area contributed by atoms with Crippen molar-refractivity contribution in [3.63, 3.8) is 0 Å². The topological polar surface area (TPSA) is 87.5 Å². The molecule has 0 aliphatic carbocycles. The van der Waals surface area contributed by atoms with Crippen LogP contribution in [0.15, 0.2) is 24.3 Å². The van der Waals surface area contributed by atoms with Crippen LogP contribution in [0.2, 0.25) is 0 Å². The minimum absolute atomic E-state index is 0.0229. The summed E-state index contributed by atoms with van der Waals surface area (Å²) >= 11 is 0. The van der Waals surface area contributed by atoms with Crippen molar-refractivity contribution in [2.45, 2.75) is 37.8 Å². The van der Waals surface area contributed by atoms with Gasteiger partial charge in [-0.25, -0.2) is 0 Å². The summed E-state index contributed by atoms with van der Waals surface area (Å²) in [5.74, 6) is -0.0933. The fourth-order valence-corrected chi connectivity index (χ4v) is 3.11. The van der Waals surface area contributed by atoms with Gasteiger partial charge in [0.25, 0.3) is 0 Å². The zero-order chi connectivity index (χ0) is 16.0. The molecule has 0 saturated carbocycles. The van der Waals surface area contributed by atoms with E-state index < -0.39 is 11.1 Å². The summed E-state index contributed by atoms with van der Waals surface area (Å²) in [5, 5.41) is 6.34. The van der Waals surface area contributed by atoms with Gasteiger partial charge in [-0.1, -0.05) is 12.1 Å². The first kappa shape index (κ1) is 14.8. The van der Waals surface area contributed by atoms with E-state index >= 15 is 0 Å². The quantitative estimate of drug-likeness (QED) is 0.726. The van der Waals surface area contributed by atoms with Gasteiger partial charge in [-0.15, -0.1) is 0 Å². The molecule has 2 heterocycles. The molecule has 4 N–H and O–H groups in total. The fourth-order valence-electron chi connectivity index (χ4n) is 3.11. The molecule has 0 atom stereocenters. The van der Waals surface area contributed by atoms with Gasteiger partial charge in [0, 0.05) is 13.1 Å². The number of piperidine rings is 1. The number of para-hydroxylation sites is 2. The Morgan fingerprint density at radius 2 is 1.82 bits per heavy atom. The fraction of sp³-hybridized carbons (Fsp3) is 0.500. The number of carbonyl (C=O) groups excluding carboxylic acids is 2. The number of nitrogens with zero attached hydrogens (tertiary/aromatic N) is 1. The van der Waals surface area contributed by atoms with Crippen molar-refractivity contribution in [1.29, 1.82) is 0 Å². The standard InChI is InChI=1S/C16H22N4O2/c1-15(2,17)14(22)20-9-7-16(8-10-20)13(21)18-11-5-3-4-6-12(11)19-16/h3-6,19H,7-10,17H2,1-2H3,(H,18,21). The predicted octanol–water partition coefficient (Wildman–Crippen LogP) is 1.15. The van der Waals surface area contributed by atoms with E-state index in [-0.39, 0.29) is 11.8 Å². The third-order valence-corrected chi connectivity index (χ3v) is 4.44. The van der Waals surface area contributed by atoms with Gasteiger partial charge < -0.3 is 21.3 Å². The molecule has 1 aromatic carbocycles. The van der Waals surface area contributed by atoms with Crippen LogP contribution in [0.5, 0.6) is 0 Å². The smallest absolute Gasteiger partial charge is 0.250 e. The normalized spacial score (nSPS) is 20.1. The average Bonchev–Trinajstić information content (AvgIpc) is 2.48. The van der Waals surface area contributed by atoms with Crippen LogP contribution in [-0.2, 0) is 9.59 Å². The van der Waals surface area contributed by atoms with Gasteiger partial charge in [-0.05, 0) is 38.8 Å². The Kier molecular flexibility index (Phi) is 3.36. The number of likely N-dealkylation sites (tertiary alicyclic amines) is 1. The van der Waals surface area contributed by atoms with Crippen molar-refractivity contribution in [1.82, 2.24) is 4.90 Å². The molecule has 2 amide bonds. The third kappa shape index (κ3) is 2.43. The van der Waals surface area contributed by atoms with E-state index in [1.54, 1.807) is 18.7 Å². The van der Waals surface area contributed by atoms with E-state index in [0.29, 0.717) is 25.9 Å². The molecular weight excluding hydrogens is 280 g/mol. The first-order valence-electron chi connectivity index (χ1n) is 7.59. The zero-order valence-corrected chi connectivity index (χ0v) is 13.0. The summed E-state index contributed by atoms with van der Waals surface area (Å²) in [6.07, 6.45) is 1.16. The van der Waals surface area contributed by atoms with Gasteiger partial charge in [0.15, 0.2) is 0 Å². The molecule has 6 heteroatoms. The number of hydrogen-bond acceptors (Lipinski definition) is 4. The lowest BCUT2D eigenvalue weighted by atomic mass is 9.84. The second-order valence-corrected chi connectivity index (χ2v) is 6.72. The molecule has 2 aliphatic rings. The highest BCUT2D eigenvalue weighted by Crippen LogP contribution is 2.36. The summed E-state index contributed by atoms with van der Waals surface area (Å²) < 4.78 is 0. The molecule has 1 spiro atoms. The Balaban J connectivity index is 1.76. The molecule has 1 fully saturated rings. The van der Waals surface area contributed by atoms with Crippen LogP contribution < -0.4 is 16.4 Å². The molecule has 118 valence electrons. The Bertz CT molecular complexity index is 613. The first-order chi connectivity index (χ1) is 10.3. The number of carbonyl (C=O) groups is 2. The molecule has 0 radical (unpaired) electrons. The number of anilines is 2. The van der Waals surface area contributed by atoms with Gasteiger partial charge >= 0.3 is 0 Å². The molecule has 3 rings (SSSR count). The molecule has 22 heavy (non-hydrogen) atoms. The van der Waals surface area contributed by atoms with Crippen LogP contribution in [0, 0.1) is 0 Å². The average molecular weight is 302 g/mol. The van der Waals surface area contributed by atoms with Crippen molar-refractivity contribution in [2.24, 2.45) is 5.73 Å². The monoisotopic (exact) mass is 302 g/mol. The Hall–Kier alpha value is -2.08.